The van der Waals surface area contributed by atoms with E-state index in [0.717, 1.165) is 58.2 Å². The van der Waals surface area contributed by atoms with Gasteiger partial charge in [0.2, 0.25) is 0 Å². The maximum Gasteiger partial charge on any atom is 0.275 e. The molecule has 1 aliphatic rings. The molecule has 0 unspecified atom stereocenters. The first-order chi connectivity index (χ1) is 15.9. The highest BCUT2D eigenvalue weighted by Crippen LogP contribution is 2.34. The molecule has 1 N–H and O–H groups in total. The van der Waals surface area contributed by atoms with Crippen LogP contribution in [0.25, 0.3) is 11.3 Å². The molecule has 1 aromatic carbocycles. The van der Waals surface area contributed by atoms with Gasteiger partial charge >= 0.3 is 0 Å². The molecule has 0 saturated carbocycles. The van der Waals surface area contributed by atoms with E-state index < -0.39 is 0 Å². The first-order valence-electron chi connectivity index (χ1n) is 11.2. The monoisotopic (exact) mass is 434 g/mol. The van der Waals surface area contributed by atoms with E-state index >= 15 is 0 Å². The molecule has 0 amide bonds. The molecule has 0 atom stereocenters. The summed E-state index contributed by atoms with van der Waals surface area (Å²) in [7, 11) is 0. The van der Waals surface area contributed by atoms with Gasteiger partial charge in [0.05, 0.1) is 5.70 Å². The zero-order chi connectivity index (χ0) is 24.0. The van der Waals surface area contributed by atoms with Gasteiger partial charge in [-0.1, -0.05) is 73.4 Å². The molecule has 0 spiro atoms. The number of nitriles is 1. The largest absolute Gasteiger partial charge is 0.354 e. The zero-order valence-electron chi connectivity index (χ0n) is 19.9. The van der Waals surface area contributed by atoms with Crippen LogP contribution in [-0.2, 0) is 12.9 Å². The van der Waals surface area contributed by atoms with Gasteiger partial charge in [0, 0.05) is 29.5 Å². The molecule has 1 aliphatic heterocycles. The first kappa shape index (κ1) is 23.9. The van der Waals surface area contributed by atoms with Crippen LogP contribution in [0.15, 0.2) is 85.5 Å². The number of fused-ring (bicyclic) bond motifs is 1. The number of hydrogen-bond acceptors (Lipinski definition) is 3. The summed E-state index contributed by atoms with van der Waals surface area (Å²) >= 11 is 0. The molecule has 166 valence electrons. The van der Waals surface area contributed by atoms with E-state index in [2.05, 4.69) is 60.7 Å². The number of aryl methyl sites for hydroxylation is 1. The third kappa shape index (κ3) is 5.35. The fourth-order valence-electron chi connectivity index (χ4n) is 4.04. The summed E-state index contributed by atoms with van der Waals surface area (Å²) in [6, 6.07) is 8.19. The zero-order valence-corrected chi connectivity index (χ0v) is 19.9. The normalized spacial score (nSPS) is 14.1. The Morgan fingerprint density at radius 3 is 2.58 bits per heavy atom. The molecule has 33 heavy (non-hydrogen) atoms. The molecule has 0 saturated heterocycles. The number of aromatic nitrogens is 2. The molecular weight excluding hydrogens is 403 g/mol. The lowest BCUT2D eigenvalue weighted by atomic mass is 9.45. The van der Waals surface area contributed by atoms with Gasteiger partial charge in [0.15, 0.2) is 0 Å². The third-order valence-corrected chi connectivity index (χ3v) is 5.76. The maximum atomic E-state index is 9.59. The Morgan fingerprint density at radius 2 is 1.97 bits per heavy atom. The standard InChI is InChI=1S/C28H31BN4/c1-7-9-11-24(20(3)4)25(10-8-2)28-32-27(26-18-29(19-30)16-17-33(26)28)22(6)31-23-14-12-21(5)13-15-23/h7-15,31H,2-3,6,16-18H2,1,4-5H3/b9-7-,24-11+,25-10+. The van der Waals surface area contributed by atoms with Crippen molar-refractivity contribution in [2.75, 3.05) is 5.32 Å². The van der Waals surface area contributed by atoms with Gasteiger partial charge < -0.3 is 9.88 Å². The van der Waals surface area contributed by atoms with E-state index in [4.69, 9.17) is 4.98 Å². The van der Waals surface area contributed by atoms with Gasteiger partial charge in [-0.05, 0) is 51.1 Å². The van der Waals surface area contributed by atoms with Crippen molar-refractivity contribution in [3.8, 4) is 5.97 Å². The molecular formula is C28H31BN4. The molecule has 1 aromatic heterocycles. The van der Waals surface area contributed by atoms with Crippen LogP contribution in [0.1, 0.15) is 36.6 Å². The number of allylic oxidation sites excluding steroid dienone is 8. The Balaban J connectivity index is 2.13. The van der Waals surface area contributed by atoms with E-state index in [9.17, 15) is 5.26 Å². The quantitative estimate of drug-likeness (QED) is 0.377. The van der Waals surface area contributed by atoms with Crippen molar-refractivity contribution in [3.63, 3.8) is 0 Å². The minimum atomic E-state index is -0.0287. The van der Waals surface area contributed by atoms with Crippen molar-refractivity contribution >= 4 is 23.7 Å². The second kappa shape index (κ2) is 10.7. The fraction of sp³-hybridized carbons (Fsp3) is 0.214. The number of imidazole rings is 1. The van der Waals surface area contributed by atoms with Crippen molar-refractivity contribution in [2.24, 2.45) is 0 Å². The molecule has 2 aromatic rings. The molecule has 0 radical (unpaired) electrons. The van der Waals surface area contributed by atoms with Crippen molar-refractivity contribution in [3.05, 3.63) is 108 Å². The highest BCUT2D eigenvalue weighted by molar-refractivity contribution is 6.66. The molecule has 0 fully saturated rings. The van der Waals surface area contributed by atoms with E-state index in [1.54, 1.807) is 6.08 Å². The van der Waals surface area contributed by atoms with E-state index in [-0.39, 0.29) is 6.71 Å². The predicted molar refractivity (Wildman–Crippen MR) is 142 cm³/mol. The van der Waals surface area contributed by atoms with Crippen LogP contribution in [-0.4, -0.2) is 16.3 Å². The highest BCUT2D eigenvalue weighted by Gasteiger charge is 2.30. The Morgan fingerprint density at radius 1 is 1.24 bits per heavy atom. The second-order valence-electron chi connectivity index (χ2n) is 8.37. The van der Waals surface area contributed by atoms with Crippen LogP contribution in [0.5, 0.6) is 0 Å². The Bertz CT molecular complexity index is 1200. The average Bonchev–Trinajstić information content (AvgIpc) is 3.18. The lowest BCUT2D eigenvalue weighted by molar-refractivity contribution is 0.692. The van der Waals surface area contributed by atoms with Crippen molar-refractivity contribution < 1.29 is 0 Å². The summed E-state index contributed by atoms with van der Waals surface area (Å²) in [4.78, 5) is 5.07. The number of benzene rings is 1. The Hall–Kier alpha value is -3.78. The van der Waals surface area contributed by atoms with Crippen LogP contribution in [0, 0.1) is 18.2 Å². The number of hydrogen-bond donors (Lipinski definition) is 1. The lowest BCUT2D eigenvalue weighted by Gasteiger charge is -2.21. The number of nitrogens with one attached hydrogen (secondary N) is 1. The molecule has 5 heteroatoms. The van der Waals surface area contributed by atoms with Gasteiger partial charge in [-0.2, -0.15) is 0 Å². The van der Waals surface area contributed by atoms with Gasteiger partial charge in [-0.15, -0.1) is 0 Å². The molecule has 0 bridgehead atoms. The summed E-state index contributed by atoms with van der Waals surface area (Å²) in [5, 5.41) is 13.0. The summed E-state index contributed by atoms with van der Waals surface area (Å²) < 4.78 is 2.23. The third-order valence-electron chi connectivity index (χ3n) is 5.76. The van der Waals surface area contributed by atoms with Crippen LogP contribution in [0.2, 0.25) is 6.32 Å². The second-order valence-corrected chi connectivity index (χ2v) is 8.37. The van der Waals surface area contributed by atoms with Crippen molar-refractivity contribution in [2.45, 2.75) is 40.0 Å². The number of anilines is 1. The fourth-order valence-corrected chi connectivity index (χ4v) is 4.04. The van der Waals surface area contributed by atoms with E-state index in [1.807, 2.05) is 44.2 Å². The van der Waals surface area contributed by atoms with Gasteiger partial charge in [-0.25, -0.2) is 10.2 Å². The minimum Gasteiger partial charge on any atom is -0.354 e. The number of rotatable bonds is 8. The molecule has 2 heterocycles. The van der Waals surface area contributed by atoms with Crippen LogP contribution < -0.4 is 5.32 Å². The smallest absolute Gasteiger partial charge is 0.275 e. The number of nitrogens with zero attached hydrogens (tertiary/aromatic N) is 3. The van der Waals surface area contributed by atoms with Gasteiger partial charge in [-0.3, -0.25) is 0 Å². The molecule has 0 aliphatic carbocycles. The van der Waals surface area contributed by atoms with Crippen LogP contribution >= 0.6 is 0 Å². The maximum absolute atomic E-state index is 9.59. The predicted octanol–water partition coefficient (Wildman–Crippen LogP) is 6.58. The molecule has 3 rings (SSSR count). The highest BCUT2D eigenvalue weighted by atomic mass is 15.1. The van der Waals surface area contributed by atoms with Crippen molar-refractivity contribution in [1.82, 2.24) is 9.55 Å². The summed E-state index contributed by atoms with van der Waals surface area (Å²) in [6.45, 7) is 19.2. The summed E-state index contributed by atoms with van der Waals surface area (Å²) in [5.41, 5.74) is 7.63. The van der Waals surface area contributed by atoms with Crippen molar-refractivity contribution in [1.29, 1.82) is 5.26 Å². The lowest BCUT2D eigenvalue weighted by Crippen LogP contribution is -2.27. The van der Waals surface area contributed by atoms with Gasteiger partial charge in [0.1, 0.15) is 11.5 Å². The Labute approximate surface area is 198 Å². The van der Waals surface area contributed by atoms with Gasteiger partial charge in [0.25, 0.3) is 6.71 Å². The van der Waals surface area contributed by atoms with Crippen LogP contribution in [0.4, 0.5) is 5.69 Å². The summed E-state index contributed by atoms with van der Waals surface area (Å²) in [6.07, 6.45) is 11.3. The molecule has 4 nitrogen and oxygen atoms in total. The topological polar surface area (TPSA) is 53.6 Å². The minimum absolute atomic E-state index is 0.0287. The SMILES string of the molecule is C=C\C=C(/C(=C/C=C\C)C(=C)C)c1nc(C(=C)Nc2ccc(C)cc2)c2n1CCB(C#N)C2. The first-order valence-corrected chi connectivity index (χ1v) is 11.2. The Kier molecular flexibility index (Phi) is 7.74. The summed E-state index contributed by atoms with van der Waals surface area (Å²) in [5.74, 6) is 3.29. The average molecular weight is 434 g/mol. The van der Waals surface area contributed by atoms with E-state index in [0.29, 0.717) is 6.32 Å². The van der Waals surface area contributed by atoms with Crippen LogP contribution in [0.3, 0.4) is 0 Å². The van der Waals surface area contributed by atoms with E-state index in [1.165, 1.54) is 5.56 Å².